The molecule has 1 fully saturated rings. The van der Waals surface area contributed by atoms with Crippen molar-refractivity contribution in [1.29, 1.82) is 0 Å². The second kappa shape index (κ2) is 5.17. The molecule has 4 heteroatoms. The highest BCUT2D eigenvalue weighted by Gasteiger charge is 2.34. The molecule has 4 nitrogen and oxygen atoms in total. The van der Waals surface area contributed by atoms with Gasteiger partial charge in [0.05, 0.1) is 0 Å². The Hall–Kier alpha value is -0.900. The second-order valence-electron chi connectivity index (χ2n) is 5.76. The molecule has 0 saturated carbocycles. The zero-order valence-corrected chi connectivity index (χ0v) is 11.1. The van der Waals surface area contributed by atoms with Crippen LogP contribution in [0, 0.1) is 5.92 Å². The van der Waals surface area contributed by atoms with Gasteiger partial charge in [0.2, 0.25) is 5.89 Å². The first-order valence-electron chi connectivity index (χ1n) is 6.64. The third kappa shape index (κ3) is 3.06. The predicted molar refractivity (Wildman–Crippen MR) is 66.9 cm³/mol. The molecule has 0 aliphatic carbocycles. The summed E-state index contributed by atoms with van der Waals surface area (Å²) in [7, 11) is 0. The van der Waals surface area contributed by atoms with Crippen molar-refractivity contribution in [2.45, 2.75) is 51.9 Å². The van der Waals surface area contributed by atoms with Crippen LogP contribution in [0.15, 0.2) is 4.52 Å². The van der Waals surface area contributed by atoms with Gasteiger partial charge in [-0.25, -0.2) is 0 Å². The lowest BCUT2D eigenvalue weighted by atomic mass is 9.81. The number of nitrogens with one attached hydrogen (secondary N) is 1. The minimum atomic E-state index is 0.0777. The summed E-state index contributed by atoms with van der Waals surface area (Å²) in [6, 6.07) is 0. The van der Waals surface area contributed by atoms with Crippen molar-refractivity contribution < 1.29 is 4.52 Å². The van der Waals surface area contributed by atoms with Gasteiger partial charge < -0.3 is 9.84 Å². The molecule has 1 aromatic rings. The van der Waals surface area contributed by atoms with E-state index in [9.17, 15) is 0 Å². The molecule has 96 valence electrons. The molecule has 0 amide bonds. The van der Waals surface area contributed by atoms with E-state index in [1.165, 1.54) is 0 Å². The van der Waals surface area contributed by atoms with Crippen LogP contribution in [-0.4, -0.2) is 23.2 Å². The average Bonchev–Trinajstić information content (AvgIpc) is 2.76. The highest BCUT2D eigenvalue weighted by molar-refractivity contribution is 5.05. The Kier molecular flexibility index (Phi) is 3.82. The lowest BCUT2D eigenvalue weighted by Crippen LogP contribution is -2.37. The lowest BCUT2D eigenvalue weighted by Gasteiger charge is -2.30. The topological polar surface area (TPSA) is 51.0 Å². The largest absolute Gasteiger partial charge is 0.339 e. The third-order valence-corrected chi connectivity index (χ3v) is 3.64. The molecule has 1 saturated heterocycles. The van der Waals surface area contributed by atoms with Crippen molar-refractivity contribution in [2.24, 2.45) is 5.92 Å². The number of hydrogen-bond acceptors (Lipinski definition) is 4. The van der Waals surface area contributed by atoms with Crippen LogP contribution in [0.5, 0.6) is 0 Å². The highest BCUT2D eigenvalue weighted by Crippen LogP contribution is 2.31. The van der Waals surface area contributed by atoms with Crippen molar-refractivity contribution in [3.05, 3.63) is 11.7 Å². The Morgan fingerprint density at radius 2 is 2.06 bits per heavy atom. The van der Waals surface area contributed by atoms with Crippen LogP contribution in [0.4, 0.5) is 0 Å². The zero-order chi connectivity index (χ0) is 12.3. The van der Waals surface area contributed by atoms with E-state index in [1.54, 1.807) is 0 Å². The fraction of sp³-hybridized carbons (Fsp3) is 0.846. The summed E-state index contributed by atoms with van der Waals surface area (Å²) in [5.41, 5.74) is 0.0777. The predicted octanol–water partition coefficient (Wildman–Crippen LogP) is 2.30. The molecule has 0 atom stereocenters. The Balaban J connectivity index is 2.01. The van der Waals surface area contributed by atoms with E-state index in [-0.39, 0.29) is 5.41 Å². The van der Waals surface area contributed by atoms with Gasteiger partial charge in [-0.15, -0.1) is 0 Å². The van der Waals surface area contributed by atoms with E-state index in [4.69, 9.17) is 4.52 Å². The van der Waals surface area contributed by atoms with Crippen LogP contribution >= 0.6 is 0 Å². The van der Waals surface area contributed by atoms with Gasteiger partial charge in [-0.2, -0.15) is 4.98 Å². The molecule has 0 aromatic carbocycles. The maximum Gasteiger partial charge on any atom is 0.232 e. The van der Waals surface area contributed by atoms with Gasteiger partial charge in [0, 0.05) is 11.8 Å². The zero-order valence-electron chi connectivity index (χ0n) is 11.1. The van der Waals surface area contributed by atoms with E-state index in [0.717, 1.165) is 50.5 Å². The van der Waals surface area contributed by atoms with Crippen molar-refractivity contribution in [1.82, 2.24) is 15.5 Å². The van der Waals surface area contributed by atoms with E-state index in [0.29, 0.717) is 5.92 Å². The summed E-state index contributed by atoms with van der Waals surface area (Å²) in [5.74, 6) is 2.39. The summed E-state index contributed by atoms with van der Waals surface area (Å²) in [6.45, 7) is 8.75. The summed E-state index contributed by atoms with van der Waals surface area (Å²) in [5, 5.41) is 7.47. The molecule has 0 unspecified atom stereocenters. The van der Waals surface area contributed by atoms with Gasteiger partial charge in [0.1, 0.15) is 0 Å². The van der Waals surface area contributed by atoms with Gasteiger partial charge >= 0.3 is 0 Å². The monoisotopic (exact) mass is 237 g/mol. The molecule has 0 bridgehead atoms. The van der Waals surface area contributed by atoms with Crippen molar-refractivity contribution in [3.8, 4) is 0 Å². The Morgan fingerprint density at radius 3 is 2.71 bits per heavy atom. The lowest BCUT2D eigenvalue weighted by molar-refractivity contribution is 0.240. The fourth-order valence-corrected chi connectivity index (χ4v) is 2.21. The molecule has 0 radical (unpaired) electrons. The van der Waals surface area contributed by atoms with Crippen LogP contribution in [-0.2, 0) is 11.8 Å². The molecule has 1 aromatic heterocycles. The van der Waals surface area contributed by atoms with Gasteiger partial charge in [-0.05, 0) is 38.3 Å². The first-order valence-corrected chi connectivity index (χ1v) is 6.64. The minimum absolute atomic E-state index is 0.0777. The molecule has 1 N–H and O–H groups in total. The third-order valence-electron chi connectivity index (χ3n) is 3.64. The summed E-state index contributed by atoms with van der Waals surface area (Å²) in [4.78, 5) is 4.57. The minimum Gasteiger partial charge on any atom is -0.339 e. The number of hydrogen-bond donors (Lipinski definition) is 1. The molecule has 0 spiro atoms. The molecular formula is C13H23N3O. The van der Waals surface area contributed by atoms with Crippen molar-refractivity contribution in [3.63, 3.8) is 0 Å². The van der Waals surface area contributed by atoms with Gasteiger partial charge in [-0.3, -0.25) is 0 Å². The maximum atomic E-state index is 5.45. The smallest absolute Gasteiger partial charge is 0.232 e. The van der Waals surface area contributed by atoms with Crippen molar-refractivity contribution in [2.75, 3.05) is 13.1 Å². The van der Waals surface area contributed by atoms with E-state index < -0.39 is 0 Å². The van der Waals surface area contributed by atoms with E-state index >= 15 is 0 Å². The van der Waals surface area contributed by atoms with Gasteiger partial charge in [-0.1, -0.05) is 25.9 Å². The molecule has 1 aliphatic heterocycles. The van der Waals surface area contributed by atoms with Crippen LogP contribution in [0.3, 0.4) is 0 Å². The Morgan fingerprint density at radius 1 is 1.35 bits per heavy atom. The van der Waals surface area contributed by atoms with E-state index in [2.05, 4.69) is 36.2 Å². The van der Waals surface area contributed by atoms with Crippen molar-refractivity contribution >= 4 is 0 Å². The van der Waals surface area contributed by atoms with Gasteiger partial charge in [0.25, 0.3) is 0 Å². The number of aromatic nitrogens is 2. The first kappa shape index (κ1) is 12.6. The standard InChI is InChI=1S/C13H23N3O/c1-10(2)4-5-11-15-12(17-16-11)13(3)6-8-14-9-7-13/h10,14H,4-9H2,1-3H3. The fourth-order valence-electron chi connectivity index (χ4n) is 2.21. The molecule has 2 heterocycles. The second-order valence-corrected chi connectivity index (χ2v) is 5.76. The summed E-state index contributed by atoms with van der Waals surface area (Å²) >= 11 is 0. The quantitative estimate of drug-likeness (QED) is 0.873. The molecule has 17 heavy (non-hydrogen) atoms. The first-order chi connectivity index (χ1) is 8.10. The highest BCUT2D eigenvalue weighted by atomic mass is 16.5. The average molecular weight is 237 g/mol. The normalized spacial score (nSPS) is 19.8. The Labute approximate surface area is 103 Å². The van der Waals surface area contributed by atoms with Crippen LogP contribution in [0.25, 0.3) is 0 Å². The number of aryl methyl sites for hydroxylation is 1. The number of piperidine rings is 1. The molecule has 1 aliphatic rings. The van der Waals surface area contributed by atoms with Crippen LogP contribution in [0.2, 0.25) is 0 Å². The van der Waals surface area contributed by atoms with Gasteiger partial charge in [0.15, 0.2) is 5.82 Å². The summed E-state index contributed by atoms with van der Waals surface area (Å²) in [6.07, 6.45) is 4.21. The van der Waals surface area contributed by atoms with E-state index in [1.807, 2.05) is 0 Å². The number of nitrogens with zero attached hydrogens (tertiary/aromatic N) is 2. The number of rotatable bonds is 4. The maximum absolute atomic E-state index is 5.45. The summed E-state index contributed by atoms with van der Waals surface area (Å²) < 4.78 is 5.45. The van der Waals surface area contributed by atoms with Crippen LogP contribution in [0.1, 0.15) is 51.7 Å². The SMILES string of the molecule is CC(C)CCc1noc(C2(C)CCNCC2)n1. The van der Waals surface area contributed by atoms with Crippen LogP contribution < -0.4 is 5.32 Å². The molecule has 2 rings (SSSR count). The Bertz CT molecular complexity index is 353. The molecular weight excluding hydrogens is 214 g/mol.